The van der Waals surface area contributed by atoms with Gasteiger partial charge in [-0.15, -0.1) is 0 Å². The van der Waals surface area contributed by atoms with Gasteiger partial charge in [0.1, 0.15) is 12.3 Å². The smallest absolute Gasteiger partial charge is 0.265 e. The Balaban J connectivity index is 1.52. The predicted molar refractivity (Wildman–Crippen MR) is 114 cm³/mol. The fraction of sp³-hybridized carbons (Fsp3) is 0.348. The lowest BCUT2D eigenvalue weighted by molar-refractivity contribution is -0.123. The van der Waals surface area contributed by atoms with Crippen LogP contribution in [0.4, 0.5) is 11.4 Å². The minimum atomic E-state index is -0.315. The Morgan fingerprint density at radius 3 is 2.50 bits per heavy atom. The van der Waals surface area contributed by atoms with Gasteiger partial charge in [0, 0.05) is 24.3 Å². The third kappa shape index (κ3) is 4.15. The molecule has 0 saturated carbocycles. The fourth-order valence-electron chi connectivity index (χ4n) is 3.78. The zero-order chi connectivity index (χ0) is 21.1. The van der Waals surface area contributed by atoms with Crippen LogP contribution in [0.1, 0.15) is 35.7 Å². The number of likely N-dealkylation sites (tertiary alicyclic amines) is 1. The highest BCUT2D eigenvalue weighted by atomic mass is 16.5. The SMILES string of the molecule is CCc1ccc(NC(=O)CN2C(=O)COc3ccc(C(=O)N4CCCC4)cc32)cc1. The summed E-state index contributed by atoms with van der Waals surface area (Å²) in [7, 11) is 0. The minimum Gasteiger partial charge on any atom is -0.482 e. The predicted octanol–water partition coefficient (Wildman–Crippen LogP) is 2.85. The van der Waals surface area contributed by atoms with Crippen molar-refractivity contribution in [2.75, 3.05) is 36.5 Å². The number of amides is 3. The lowest BCUT2D eigenvalue weighted by Crippen LogP contribution is -2.43. The van der Waals surface area contributed by atoms with Gasteiger partial charge in [0.05, 0.1) is 5.69 Å². The van der Waals surface area contributed by atoms with Gasteiger partial charge in [0.15, 0.2) is 6.61 Å². The summed E-state index contributed by atoms with van der Waals surface area (Å²) in [5, 5.41) is 2.83. The molecular weight excluding hydrogens is 382 g/mol. The van der Waals surface area contributed by atoms with Gasteiger partial charge in [-0.2, -0.15) is 0 Å². The average molecular weight is 407 g/mol. The lowest BCUT2D eigenvalue weighted by Gasteiger charge is -2.29. The van der Waals surface area contributed by atoms with E-state index in [1.54, 1.807) is 18.2 Å². The lowest BCUT2D eigenvalue weighted by atomic mass is 10.1. The van der Waals surface area contributed by atoms with Crippen LogP contribution in [0, 0.1) is 0 Å². The second kappa shape index (κ2) is 8.57. The monoisotopic (exact) mass is 407 g/mol. The molecule has 1 saturated heterocycles. The second-order valence-corrected chi connectivity index (χ2v) is 7.55. The van der Waals surface area contributed by atoms with Crippen LogP contribution in [0.15, 0.2) is 42.5 Å². The van der Waals surface area contributed by atoms with Crippen molar-refractivity contribution in [1.82, 2.24) is 4.90 Å². The maximum atomic E-state index is 12.7. The Kier molecular flexibility index (Phi) is 5.70. The number of benzene rings is 2. The normalized spacial score (nSPS) is 15.6. The van der Waals surface area contributed by atoms with Crippen molar-refractivity contribution in [3.05, 3.63) is 53.6 Å². The van der Waals surface area contributed by atoms with Crippen LogP contribution in [0.25, 0.3) is 0 Å². The first-order valence-electron chi connectivity index (χ1n) is 10.3. The molecule has 2 aromatic rings. The maximum Gasteiger partial charge on any atom is 0.265 e. The molecule has 0 unspecified atom stereocenters. The molecule has 0 spiro atoms. The summed E-state index contributed by atoms with van der Waals surface area (Å²) in [6.45, 7) is 3.28. The molecule has 0 radical (unpaired) electrons. The van der Waals surface area contributed by atoms with Crippen LogP contribution in [-0.2, 0) is 16.0 Å². The molecule has 0 aliphatic carbocycles. The number of hydrogen-bond donors (Lipinski definition) is 1. The Morgan fingerprint density at radius 2 is 1.80 bits per heavy atom. The van der Waals surface area contributed by atoms with E-state index in [0.29, 0.717) is 22.7 Å². The highest BCUT2D eigenvalue weighted by Gasteiger charge is 2.29. The van der Waals surface area contributed by atoms with E-state index < -0.39 is 0 Å². The molecule has 1 N–H and O–H groups in total. The number of aryl methyl sites for hydroxylation is 1. The summed E-state index contributed by atoms with van der Waals surface area (Å²) in [6, 6.07) is 12.7. The molecule has 2 heterocycles. The van der Waals surface area contributed by atoms with E-state index in [-0.39, 0.29) is 30.9 Å². The Labute approximate surface area is 175 Å². The third-order valence-electron chi connectivity index (χ3n) is 5.49. The van der Waals surface area contributed by atoms with E-state index in [9.17, 15) is 14.4 Å². The van der Waals surface area contributed by atoms with Crippen LogP contribution in [-0.4, -0.2) is 48.9 Å². The maximum absolute atomic E-state index is 12.7. The van der Waals surface area contributed by atoms with E-state index in [4.69, 9.17) is 4.74 Å². The first-order valence-corrected chi connectivity index (χ1v) is 10.3. The van der Waals surface area contributed by atoms with Gasteiger partial charge in [0.2, 0.25) is 5.91 Å². The standard InChI is InChI=1S/C23H25N3O4/c1-2-16-5-8-18(9-6-16)24-21(27)14-26-19-13-17(23(29)25-11-3-4-12-25)7-10-20(19)30-15-22(26)28/h5-10,13H,2-4,11-12,14-15H2,1H3,(H,24,27). The zero-order valence-corrected chi connectivity index (χ0v) is 17.0. The van der Waals surface area contributed by atoms with E-state index in [2.05, 4.69) is 12.2 Å². The summed E-state index contributed by atoms with van der Waals surface area (Å²) in [5.74, 6) is -0.192. The molecule has 2 aromatic carbocycles. The van der Waals surface area contributed by atoms with Crippen LogP contribution in [0.5, 0.6) is 5.75 Å². The summed E-state index contributed by atoms with van der Waals surface area (Å²) in [5.41, 5.74) is 2.80. The number of nitrogens with one attached hydrogen (secondary N) is 1. The molecule has 4 rings (SSSR count). The number of nitrogens with zero attached hydrogens (tertiary/aromatic N) is 2. The highest BCUT2D eigenvalue weighted by molar-refractivity contribution is 6.06. The van der Waals surface area contributed by atoms with Gasteiger partial charge in [-0.3, -0.25) is 19.3 Å². The molecule has 2 aliphatic rings. The molecule has 0 bridgehead atoms. The number of fused-ring (bicyclic) bond motifs is 1. The molecule has 7 nitrogen and oxygen atoms in total. The van der Waals surface area contributed by atoms with E-state index in [0.717, 1.165) is 32.4 Å². The van der Waals surface area contributed by atoms with Gasteiger partial charge in [-0.1, -0.05) is 19.1 Å². The number of carbonyl (C=O) groups is 3. The highest BCUT2D eigenvalue weighted by Crippen LogP contribution is 2.33. The largest absolute Gasteiger partial charge is 0.482 e. The van der Waals surface area contributed by atoms with Crippen molar-refractivity contribution in [2.24, 2.45) is 0 Å². The zero-order valence-electron chi connectivity index (χ0n) is 17.0. The van der Waals surface area contributed by atoms with Crippen LogP contribution in [0.3, 0.4) is 0 Å². The van der Waals surface area contributed by atoms with Gasteiger partial charge in [-0.05, 0) is 55.2 Å². The molecule has 7 heteroatoms. The molecule has 1 fully saturated rings. The van der Waals surface area contributed by atoms with E-state index >= 15 is 0 Å². The van der Waals surface area contributed by atoms with Gasteiger partial charge in [0.25, 0.3) is 11.8 Å². The summed E-state index contributed by atoms with van der Waals surface area (Å²) < 4.78 is 5.50. The van der Waals surface area contributed by atoms with Gasteiger partial charge in [-0.25, -0.2) is 0 Å². The van der Waals surface area contributed by atoms with Crippen molar-refractivity contribution in [3.8, 4) is 5.75 Å². The Hall–Kier alpha value is -3.35. The number of anilines is 2. The first-order chi connectivity index (χ1) is 14.5. The molecule has 0 aromatic heterocycles. The quantitative estimate of drug-likeness (QED) is 0.827. The van der Waals surface area contributed by atoms with Crippen molar-refractivity contribution in [3.63, 3.8) is 0 Å². The van der Waals surface area contributed by atoms with Crippen LogP contribution in [0.2, 0.25) is 0 Å². The Morgan fingerprint density at radius 1 is 1.07 bits per heavy atom. The molecular formula is C23H25N3O4. The van der Waals surface area contributed by atoms with Crippen molar-refractivity contribution < 1.29 is 19.1 Å². The fourth-order valence-corrected chi connectivity index (χ4v) is 3.78. The van der Waals surface area contributed by atoms with Crippen molar-refractivity contribution in [1.29, 1.82) is 0 Å². The average Bonchev–Trinajstić information content (AvgIpc) is 3.30. The second-order valence-electron chi connectivity index (χ2n) is 7.55. The summed E-state index contributed by atoms with van der Waals surface area (Å²) >= 11 is 0. The van der Waals surface area contributed by atoms with E-state index in [1.807, 2.05) is 29.2 Å². The summed E-state index contributed by atoms with van der Waals surface area (Å²) in [6.07, 6.45) is 2.93. The van der Waals surface area contributed by atoms with Gasteiger partial charge >= 0.3 is 0 Å². The number of hydrogen-bond acceptors (Lipinski definition) is 4. The first kappa shape index (κ1) is 19.9. The van der Waals surface area contributed by atoms with Crippen LogP contribution < -0.4 is 15.0 Å². The number of ether oxygens (including phenoxy) is 1. The summed E-state index contributed by atoms with van der Waals surface area (Å²) in [4.78, 5) is 41.0. The third-order valence-corrected chi connectivity index (χ3v) is 5.49. The Bertz CT molecular complexity index is 965. The van der Waals surface area contributed by atoms with Crippen molar-refractivity contribution in [2.45, 2.75) is 26.2 Å². The number of rotatable bonds is 5. The molecule has 2 aliphatic heterocycles. The number of carbonyl (C=O) groups excluding carboxylic acids is 3. The molecule has 156 valence electrons. The van der Waals surface area contributed by atoms with Crippen LogP contribution >= 0.6 is 0 Å². The minimum absolute atomic E-state index is 0.0614. The molecule has 0 atom stereocenters. The van der Waals surface area contributed by atoms with Gasteiger partial charge < -0.3 is 15.0 Å². The molecule has 30 heavy (non-hydrogen) atoms. The molecule has 3 amide bonds. The van der Waals surface area contributed by atoms with E-state index in [1.165, 1.54) is 10.5 Å². The van der Waals surface area contributed by atoms with Crippen molar-refractivity contribution >= 4 is 29.1 Å². The topological polar surface area (TPSA) is 79.0 Å².